The van der Waals surface area contributed by atoms with E-state index in [0.29, 0.717) is 60.9 Å². The number of hydrogen-bond acceptors (Lipinski definition) is 8. The number of rotatable bonds is 5. The van der Waals surface area contributed by atoms with E-state index in [9.17, 15) is 9.59 Å². The Labute approximate surface area is 231 Å². The molecule has 4 heterocycles. The summed E-state index contributed by atoms with van der Waals surface area (Å²) in [6.07, 6.45) is 9.23. The molecule has 11 heteroatoms. The Morgan fingerprint density at radius 3 is 2.55 bits per heavy atom. The average Bonchev–Trinajstić information content (AvgIpc) is 3.36. The van der Waals surface area contributed by atoms with Crippen molar-refractivity contribution in [2.45, 2.75) is 32.2 Å². The summed E-state index contributed by atoms with van der Waals surface area (Å²) in [5.74, 6) is -0.0494. The number of fused-ring (bicyclic) bond motifs is 3. The number of nitrogens with zero attached hydrogens (tertiary/aromatic N) is 6. The molecule has 6 rings (SSSR count). The highest BCUT2D eigenvalue weighted by atomic mass is 16.5. The van der Waals surface area contributed by atoms with E-state index in [4.69, 9.17) is 20.3 Å². The van der Waals surface area contributed by atoms with E-state index in [1.165, 1.54) is 12.5 Å². The largest absolute Gasteiger partial charge is 0.496 e. The molecule has 1 aliphatic carbocycles. The number of methoxy groups -OCH3 is 1. The van der Waals surface area contributed by atoms with E-state index in [1.54, 1.807) is 36.4 Å². The molecule has 11 nitrogen and oxygen atoms in total. The van der Waals surface area contributed by atoms with Gasteiger partial charge >= 0.3 is 0 Å². The van der Waals surface area contributed by atoms with Gasteiger partial charge in [0.15, 0.2) is 5.69 Å². The summed E-state index contributed by atoms with van der Waals surface area (Å²) in [7, 11) is 1.61. The maximum absolute atomic E-state index is 14.0. The van der Waals surface area contributed by atoms with Crippen LogP contribution in [0.2, 0.25) is 0 Å². The number of carbonyl (C=O) groups excluding carboxylic acids is 2. The fourth-order valence-electron chi connectivity index (χ4n) is 5.51. The molecular weight excluding hydrogens is 510 g/mol. The highest BCUT2D eigenvalue weighted by molar-refractivity contribution is 5.98. The van der Waals surface area contributed by atoms with Gasteiger partial charge in [-0.3, -0.25) is 14.6 Å². The van der Waals surface area contributed by atoms with Crippen molar-refractivity contribution in [2.24, 2.45) is 5.73 Å². The predicted octanol–water partition coefficient (Wildman–Crippen LogP) is 2.85. The zero-order valence-corrected chi connectivity index (χ0v) is 22.5. The van der Waals surface area contributed by atoms with E-state index < -0.39 is 11.4 Å². The van der Waals surface area contributed by atoms with Crippen LogP contribution in [0.3, 0.4) is 0 Å². The van der Waals surface area contributed by atoms with Gasteiger partial charge in [0.05, 0.1) is 49.5 Å². The van der Waals surface area contributed by atoms with Gasteiger partial charge in [0, 0.05) is 41.2 Å². The third kappa shape index (κ3) is 4.28. The van der Waals surface area contributed by atoms with Gasteiger partial charge in [-0.25, -0.2) is 14.6 Å². The number of ether oxygens (including phenoxy) is 2. The van der Waals surface area contributed by atoms with Crippen LogP contribution in [0.25, 0.3) is 28.1 Å². The van der Waals surface area contributed by atoms with Crippen molar-refractivity contribution in [1.82, 2.24) is 29.6 Å². The molecule has 2 N–H and O–H groups in total. The Kier molecular flexibility index (Phi) is 6.30. The first-order valence-electron chi connectivity index (χ1n) is 13.0. The van der Waals surface area contributed by atoms with Gasteiger partial charge in [0.25, 0.3) is 5.91 Å². The number of aryl methyl sites for hydroxylation is 1. The van der Waals surface area contributed by atoms with E-state index in [2.05, 4.69) is 15.0 Å². The number of carbonyl (C=O) groups is 2. The quantitative estimate of drug-likeness (QED) is 0.409. The zero-order chi connectivity index (χ0) is 28.0. The zero-order valence-electron chi connectivity index (χ0n) is 22.5. The van der Waals surface area contributed by atoms with Crippen LogP contribution >= 0.6 is 0 Å². The molecule has 0 atom stereocenters. The first-order chi connectivity index (χ1) is 19.3. The highest BCUT2D eigenvalue weighted by Gasteiger charge is 2.38. The van der Waals surface area contributed by atoms with Crippen LogP contribution in [0.5, 0.6) is 5.75 Å². The molecule has 1 aromatic carbocycles. The lowest BCUT2D eigenvalue weighted by atomic mass is 9.86. The Balaban J connectivity index is 1.56. The first-order valence-corrected chi connectivity index (χ1v) is 13.0. The molecule has 0 bridgehead atoms. The van der Waals surface area contributed by atoms with Gasteiger partial charge < -0.3 is 20.1 Å². The van der Waals surface area contributed by atoms with Gasteiger partial charge in [0.1, 0.15) is 17.8 Å². The number of benzene rings is 1. The molecule has 204 valence electrons. The molecular formula is C29H29N7O4. The minimum absolute atomic E-state index is 0.129. The SMILES string of the molecule is COc1cc2c(cc1-c1cncc(C(N)=O)c1)-c1c(c(C(=O)N3CCOCC3(C)C)nn1-c1cncnc1)CC2. The molecule has 0 spiro atoms. The van der Waals surface area contributed by atoms with Crippen molar-refractivity contribution in [3.8, 4) is 33.8 Å². The van der Waals surface area contributed by atoms with Crippen molar-refractivity contribution in [2.75, 3.05) is 26.9 Å². The van der Waals surface area contributed by atoms with Crippen molar-refractivity contribution < 1.29 is 19.1 Å². The molecule has 3 aromatic heterocycles. The Morgan fingerprint density at radius 2 is 1.82 bits per heavy atom. The maximum Gasteiger partial charge on any atom is 0.275 e. The summed E-state index contributed by atoms with van der Waals surface area (Å²) in [4.78, 5) is 40.3. The number of aromatic nitrogens is 5. The average molecular weight is 540 g/mol. The number of amides is 2. The predicted molar refractivity (Wildman–Crippen MR) is 146 cm³/mol. The topological polar surface area (TPSA) is 138 Å². The molecule has 40 heavy (non-hydrogen) atoms. The number of morpholine rings is 1. The molecule has 1 aliphatic heterocycles. The van der Waals surface area contributed by atoms with E-state index >= 15 is 0 Å². The number of hydrogen-bond donors (Lipinski definition) is 1. The van der Waals surface area contributed by atoms with Gasteiger partial charge in [-0.05, 0) is 50.5 Å². The molecule has 1 fully saturated rings. The van der Waals surface area contributed by atoms with E-state index in [1.807, 2.05) is 30.9 Å². The van der Waals surface area contributed by atoms with Crippen molar-refractivity contribution in [3.63, 3.8) is 0 Å². The van der Waals surface area contributed by atoms with Crippen molar-refractivity contribution in [1.29, 1.82) is 0 Å². The minimum Gasteiger partial charge on any atom is -0.496 e. The number of pyridine rings is 1. The molecule has 0 unspecified atom stereocenters. The van der Waals surface area contributed by atoms with Crippen molar-refractivity contribution in [3.05, 3.63) is 71.7 Å². The Morgan fingerprint density at radius 1 is 1.02 bits per heavy atom. The van der Waals surface area contributed by atoms with Crippen LogP contribution in [0.15, 0.2) is 49.3 Å². The van der Waals surface area contributed by atoms with Gasteiger partial charge in [-0.1, -0.05) is 0 Å². The maximum atomic E-state index is 14.0. The summed E-state index contributed by atoms with van der Waals surface area (Å²) in [5, 5.41) is 4.88. The lowest BCUT2D eigenvalue weighted by Gasteiger charge is -2.41. The van der Waals surface area contributed by atoms with Gasteiger partial charge in [-0.15, -0.1) is 0 Å². The van der Waals surface area contributed by atoms with Gasteiger partial charge in [0.2, 0.25) is 5.91 Å². The lowest BCUT2D eigenvalue weighted by Crippen LogP contribution is -2.55. The summed E-state index contributed by atoms with van der Waals surface area (Å²) in [6.45, 7) is 5.43. The number of nitrogens with two attached hydrogens (primary N) is 1. The second-order valence-electron chi connectivity index (χ2n) is 10.5. The van der Waals surface area contributed by atoms with E-state index in [-0.39, 0.29) is 5.91 Å². The summed E-state index contributed by atoms with van der Waals surface area (Å²) < 4.78 is 13.2. The molecule has 2 aliphatic rings. The van der Waals surface area contributed by atoms with Crippen LogP contribution in [0, 0.1) is 0 Å². The molecule has 4 aromatic rings. The summed E-state index contributed by atoms with van der Waals surface area (Å²) >= 11 is 0. The van der Waals surface area contributed by atoms with Gasteiger partial charge in [-0.2, -0.15) is 5.10 Å². The third-order valence-corrected chi connectivity index (χ3v) is 7.53. The monoisotopic (exact) mass is 539 g/mol. The summed E-state index contributed by atoms with van der Waals surface area (Å²) in [6, 6.07) is 5.69. The number of primary amides is 1. The second kappa shape index (κ2) is 9.83. The standard InChI is InChI=1S/C29H29N7O4/c1-29(2)15-40-7-6-35(29)28(38)25-21-5-4-17-9-24(39-3)22(18-8-19(27(30)37)12-31-11-18)10-23(17)26(21)36(34-25)20-13-32-16-33-14-20/h8-14,16H,4-7,15H2,1-3H3,(H2,30,37). The van der Waals surface area contributed by atoms with E-state index in [0.717, 1.165) is 27.9 Å². The van der Waals surface area contributed by atoms with Crippen LogP contribution < -0.4 is 10.5 Å². The molecule has 1 saturated heterocycles. The second-order valence-corrected chi connectivity index (χ2v) is 10.5. The summed E-state index contributed by atoms with van der Waals surface area (Å²) in [5.41, 5.74) is 11.4. The Hall–Kier alpha value is -4.64. The fraction of sp³-hybridized carbons (Fsp3) is 0.310. The minimum atomic E-state index is -0.565. The Bertz CT molecular complexity index is 1630. The lowest BCUT2D eigenvalue weighted by molar-refractivity contribution is -0.0373. The molecule has 0 saturated carbocycles. The van der Waals surface area contributed by atoms with Crippen LogP contribution in [-0.4, -0.2) is 73.9 Å². The molecule has 0 radical (unpaired) electrons. The molecule has 2 amide bonds. The van der Waals surface area contributed by atoms with Crippen LogP contribution in [-0.2, 0) is 17.6 Å². The highest BCUT2D eigenvalue weighted by Crippen LogP contribution is 2.43. The third-order valence-electron chi connectivity index (χ3n) is 7.53. The smallest absolute Gasteiger partial charge is 0.275 e. The van der Waals surface area contributed by atoms with Crippen LogP contribution in [0.4, 0.5) is 0 Å². The van der Waals surface area contributed by atoms with Crippen molar-refractivity contribution >= 4 is 11.8 Å². The first kappa shape index (κ1) is 25.6. The fourth-order valence-corrected chi connectivity index (χ4v) is 5.51. The normalized spacial score (nSPS) is 15.7. The van der Waals surface area contributed by atoms with Crippen LogP contribution in [0.1, 0.15) is 45.8 Å².